The molecule has 0 unspecified atom stereocenters. The summed E-state index contributed by atoms with van der Waals surface area (Å²) >= 11 is 3.33. The second kappa shape index (κ2) is 8.24. The molecule has 0 spiro atoms. The summed E-state index contributed by atoms with van der Waals surface area (Å²) in [5, 5.41) is 6.49. The van der Waals surface area contributed by atoms with Crippen molar-refractivity contribution in [2.45, 2.75) is 13.3 Å². The van der Waals surface area contributed by atoms with Crippen molar-refractivity contribution in [2.24, 2.45) is 5.10 Å². The molecule has 0 aliphatic heterocycles. The van der Waals surface area contributed by atoms with Gasteiger partial charge in [0.05, 0.1) is 11.9 Å². The molecule has 0 atom stereocenters. The summed E-state index contributed by atoms with van der Waals surface area (Å²) in [4.78, 5) is 23.5. The molecule has 5 nitrogen and oxygen atoms in total. The van der Waals surface area contributed by atoms with E-state index in [0.717, 1.165) is 15.6 Å². The third-order valence-corrected chi connectivity index (χ3v) is 3.64. The van der Waals surface area contributed by atoms with Crippen molar-refractivity contribution < 1.29 is 9.59 Å². The molecule has 0 saturated carbocycles. The summed E-state index contributed by atoms with van der Waals surface area (Å²) in [5.74, 6) is -0.877. The molecule has 0 aliphatic rings. The Bertz CT molecular complexity index is 727. The molecule has 2 N–H and O–H groups in total. The Kier molecular flexibility index (Phi) is 6.05. The Balaban J connectivity index is 1.81. The minimum Gasteiger partial charge on any atom is -0.325 e. The average Bonchev–Trinajstić information content (AvgIpc) is 2.51. The first-order chi connectivity index (χ1) is 11.0. The SMILES string of the molecule is Cc1ccc(C=NNC(=O)CC(=O)Nc2ccccc2Br)cc1. The van der Waals surface area contributed by atoms with Gasteiger partial charge in [0.2, 0.25) is 11.8 Å². The van der Waals surface area contributed by atoms with Gasteiger partial charge in [-0.05, 0) is 40.5 Å². The number of hydrazone groups is 1. The van der Waals surface area contributed by atoms with Gasteiger partial charge in [-0.15, -0.1) is 0 Å². The Morgan fingerprint density at radius 1 is 1.09 bits per heavy atom. The van der Waals surface area contributed by atoms with Gasteiger partial charge in [-0.25, -0.2) is 5.43 Å². The number of benzene rings is 2. The summed E-state index contributed by atoms with van der Waals surface area (Å²) in [5.41, 5.74) is 4.97. The van der Waals surface area contributed by atoms with Crippen molar-refractivity contribution in [2.75, 3.05) is 5.32 Å². The number of carbonyl (C=O) groups is 2. The van der Waals surface area contributed by atoms with E-state index in [1.54, 1.807) is 12.1 Å². The summed E-state index contributed by atoms with van der Waals surface area (Å²) in [6.45, 7) is 1.99. The summed E-state index contributed by atoms with van der Waals surface area (Å²) in [7, 11) is 0. The molecule has 0 fully saturated rings. The number of nitrogens with one attached hydrogen (secondary N) is 2. The van der Waals surface area contributed by atoms with E-state index in [-0.39, 0.29) is 6.42 Å². The molecule has 0 aromatic heterocycles. The Hall–Kier alpha value is -2.47. The van der Waals surface area contributed by atoms with Crippen LogP contribution in [0.25, 0.3) is 0 Å². The number of aryl methyl sites for hydroxylation is 1. The van der Waals surface area contributed by atoms with Crippen molar-refractivity contribution in [3.05, 3.63) is 64.1 Å². The van der Waals surface area contributed by atoms with Crippen LogP contribution in [0.15, 0.2) is 58.1 Å². The van der Waals surface area contributed by atoms with E-state index in [1.807, 2.05) is 43.3 Å². The quantitative estimate of drug-likeness (QED) is 0.479. The van der Waals surface area contributed by atoms with Gasteiger partial charge in [-0.3, -0.25) is 9.59 Å². The molecule has 2 rings (SSSR count). The zero-order chi connectivity index (χ0) is 16.7. The van der Waals surface area contributed by atoms with Crippen LogP contribution in [-0.2, 0) is 9.59 Å². The first-order valence-corrected chi connectivity index (χ1v) is 7.77. The topological polar surface area (TPSA) is 70.6 Å². The van der Waals surface area contributed by atoms with E-state index in [0.29, 0.717) is 5.69 Å². The minimum absolute atomic E-state index is 0.299. The number of nitrogens with zero attached hydrogens (tertiary/aromatic N) is 1. The van der Waals surface area contributed by atoms with Crippen molar-refractivity contribution >= 4 is 39.6 Å². The van der Waals surface area contributed by atoms with Crippen LogP contribution in [0.1, 0.15) is 17.5 Å². The fourth-order valence-electron chi connectivity index (χ4n) is 1.77. The molecule has 0 aliphatic carbocycles. The number of rotatable bonds is 5. The Morgan fingerprint density at radius 2 is 1.78 bits per heavy atom. The second-order valence-corrected chi connectivity index (χ2v) is 5.76. The third kappa shape index (κ3) is 5.67. The summed E-state index contributed by atoms with van der Waals surface area (Å²) in [6.07, 6.45) is 1.23. The molecule has 23 heavy (non-hydrogen) atoms. The fourth-order valence-corrected chi connectivity index (χ4v) is 2.16. The predicted octanol–water partition coefficient (Wildman–Crippen LogP) is 3.24. The number of amides is 2. The minimum atomic E-state index is -0.474. The standard InChI is InChI=1S/C17H16BrN3O2/c1-12-6-8-13(9-7-12)11-19-21-17(23)10-16(22)20-15-5-3-2-4-14(15)18/h2-9,11H,10H2,1H3,(H,20,22)(H,21,23). The van der Waals surface area contributed by atoms with Gasteiger partial charge in [0, 0.05) is 4.47 Å². The zero-order valence-electron chi connectivity index (χ0n) is 12.5. The summed E-state index contributed by atoms with van der Waals surface area (Å²) in [6, 6.07) is 14.9. The largest absolute Gasteiger partial charge is 0.325 e. The van der Waals surface area contributed by atoms with E-state index in [4.69, 9.17) is 0 Å². The van der Waals surface area contributed by atoms with Crippen LogP contribution in [0.3, 0.4) is 0 Å². The van der Waals surface area contributed by atoms with Crippen molar-refractivity contribution in [1.29, 1.82) is 0 Å². The number of hydrogen-bond acceptors (Lipinski definition) is 3. The number of halogens is 1. The molecule has 2 aromatic carbocycles. The predicted molar refractivity (Wildman–Crippen MR) is 94.3 cm³/mol. The fraction of sp³-hybridized carbons (Fsp3) is 0.118. The lowest BCUT2D eigenvalue weighted by Crippen LogP contribution is -2.24. The highest BCUT2D eigenvalue weighted by Gasteiger charge is 2.10. The molecule has 0 heterocycles. The molecule has 2 aromatic rings. The monoisotopic (exact) mass is 373 g/mol. The van der Waals surface area contributed by atoms with Gasteiger partial charge in [0.15, 0.2) is 0 Å². The molecular formula is C17H16BrN3O2. The van der Waals surface area contributed by atoms with Crippen LogP contribution in [0, 0.1) is 6.92 Å². The van der Waals surface area contributed by atoms with Crippen LogP contribution in [0.4, 0.5) is 5.69 Å². The first-order valence-electron chi connectivity index (χ1n) is 6.97. The lowest BCUT2D eigenvalue weighted by molar-refractivity contribution is -0.126. The van der Waals surface area contributed by atoms with Gasteiger partial charge < -0.3 is 5.32 Å². The van der Waals surface area contributed by atoms with E-state index in [9.17, 15) is 9.59 Å². The van der Waals surface area contributed by atoms with Gasteiger partial charge in [0.1, 0.15) is 6.42 Å². The van der Waals surface area contributed by atoms with Crippen LogP contribution in [0.5, 0.6) is 0 Å². The zero-order valence-corrected chi connectivity index (χ0v) is 14.1. The maximum atomic E-state index is 11.8. The van der Waals surface area contributed by atoms with Crippen molar-refractivity contribution in [3.63, 3.8) is 0 Å². The first kappa shape index (κ1) is 16.9. The number of hydrogen-bond donors (Lipinski definition) is 2. The van der Waals surface area contributed by atoms with Crippen molar-refractivity contribution in [1.82, 2.24) is 5.43 Å². The van der Waals surface area contributed by atoms with Gasteiger partial charge in [-0.2, -0.15) is 5.10 Å². The average molecular weight is 374 g/mol. The summed E-state index contributed by atoms with van der Waals surface area (Å²) < 4.78 is 0.756. The second-order valence-electron chi connectivity index (χ2n) is 4.91. The maximum absolute atomic E-state index is 11.8. The van der Waals surface area contributed by atoms with Crippen LogP contribution < -0.4 is 10.7 Å². The van der Waals surface area contributed by atoms with Crippen LogP contribution in [0.2, 0.25) is 0 Å². The molecule has 0 saturated heterocycles. The lowest BCUT2D eigenvalue weighted by atomic mass is 10.2. The van der Waals surface area contributed by atoms with E-state index in [2.05, 4.69) is 31.8 Å². The highest BCUT2D eigenvalue weighted by molar-refractivity contribution is 9.10. The van der Waals surface area contributed by atoms with Gasteiger partial charge >= 0.3 is 0 Å². The van der Waals surface area contributed by atoms with E-state index < -0.39 is 11.8 Å². The molecule has 0 bridgehead atoms. The molecule has 0 radical (unpaired) electrons. The molecule has 2 amide bonds. The highest BCUT2D eigenvalue weighted by atomic mass is 79.9. The van der Waals surface area contributed by atoms with Crippen LogP contribution >= 0.6 is 15.9 Å². The Morgan fingerprint density at radius 3 is 2.48 bits per heavy atom. The maximum Gasteiger partial charge on any atom is 0.249 e. The third-order valence-electron chi connectivity index (χ3n) is 2.95. The van der Waals surface area contributed by atoms with E-state index >= 15 is 0 Å². The number of anilines is 1. The normalized spacial score (nSPS) is 10.5. The van der Waals surface area contributed by atoms with Crippen LogP contribution in [-0.4, -0.2) is 18.0 Å². The van der Waals surface area contributed by atoms with Gasteiger partial charge in [0.25, 0.3) is 0 Å². The smallest absolute Gasteiger partial charge is 0.249 e. The van der Waals surface area contributed by atoms with E-state index in [1.165, 1.54) is 6.21 Å². The lowest BCUT2D eigenvalue weighted by Gasteiger charge is -2.06. The van der Waals surface area contributed by atoms with Crippen molar-refractivity contribution in [3.8, 4) is 0 Å². The van der Waals surface area contributed by atoms with Gasteiger partial charge in [-0.1, -0.05) is 42.0 Å². The molecular weight excluding hydrogens is 358 g/mol. The Labute approximate surface area is 142 Å². The highest BCUT2D eigenvalue weighted by Crippen LogP contribution is 2.21. The molecule has 6 heteroatoms. The number of carbonyl (C=O) groups excluding carboxylic acids is 2. The molecule has 118 valence electrons. The number of para-hydroxylation sites is 1.